The van der Waals surface area contributed by atoms with E-state index in [4.69, 9.17) is 9.97 Å². The second-order valence-electron chi connectivity index (χ2n) is 14.2. The first-order valence-electron chi connectivity index (χ1n) is 18.9. The van der Waals surface area contributed by atoms with Crippen LogP contribution >= 0.6 is 0 Å². The Morgan fingerprint density at radius 1 is 0.436 bits per heavy atom. The van der Waals surface area contributed by atoms with Crippen LogP contribution in [0.2, 0.25) is 0 Å². The molecule has 0 aliphatic heterocycles. The molecule has 7 aromatic carbocycles. The van der Waals surface area contributed by atoms with Crippen molar-refractivity contribution in [1.29, 1.82) is 0 Å². The summed E-state index contributed by atoms with van der Waals surface area (Å²) in [6.07, 6.45) is 9.78. The number of hydrogen-bond acceptors (Lipinski definition) is 2. The summed E-state index contributed by atoms with van der Waals surface area (Å²) in [7, 11) is 0. The van der Waals surface area contributed by atoms with Crippen molar-refractivity contribution in [3.8, 4) is 61.8 Å². The van der Waals surface area contributed by atoms with Crippen LogP contribution in [0.3, 0.4) is 0 Å². The van der Waals surface area contributed by atoms with E-state index in [0.717, 1.165) is 45.7 Å². The number of benzene rings is 7. The SMILES string of the molecule is C1=CCC(c2ccc(-c3nc(-c4ccccc4)cc(-c4cccc(-n5c6ccccc6c6ccc(-c7ccccc7-c7ccccc7)cc65)c4)n3)cc2)C=C1. The molecule has 1 atom stereocenters. The Morgan fingerprint density at radius 2 is 1.07 bits per heavy atom. The molecular weight excluding hydrogens is 667 g/mol. The van der Waals surface area contributed by atoms with Crippen LogP contribution in [0.5, 0.6) is 0 Å². The topological polar surface area (TPSA) is 30.7 Å². The van der Waals surface area contributed by atoms with Crippen LogP contribution < -0.4 is 0 Å². The lowest BCUT2D eigenvalue weighted by Gasteiger charge is -2.15. The van der Waals surface area contributed by atoms with Crippen molar-refractivity contribution in [3.63, 3.8) is 0 Å². The predicted octanol–water partition coefficient (Wildman–Crippen LogP) is 13.5. The van der Waals surface area contributed by atoms with Crippen LogP contribution in [0.1, 0.15) is 17.9 Å². The van der Waals surface area contributed by atoms with Crippen molar-refractivity contribution >= 4 is 21.8 Å². The Kier molecular flexibility index (Phi) is 8.31. The lowest BCUT2D eigenvalue weighted by molar-refractivity contribution is 0.854. The van der Waals surface area contributed by atoms with Gasteiger partial charge in [-0.25, -0.2) is 9.97 Å². The van der Waals surface area contributed by atoms with Gasteiger partial charge in [-0.2, -0.15) is 0 Å². The van der Waals surface area contributed by atoms with Gasteiger partial charge < -0.3 is 4.57 Å². The Balaban J connectivity index is 1.11. The Morgan fingerprint density at radius 3 is 1.84 bits per heavy atom. The van der Waals surface area contributed by atoms with E-state index in [1.807, 2.05) is 6.07 Å². The summed E-state index contributed by atoms with van der Waals surface area (Å²) in [6.45, 7) is 0. The van der Waals surface area contributed by atoms with Crippen LogP contribution in [-0.4, -0.2) is 14.5 Å². The summed E-state index contributed by atoms with van der Waals surface area (Å²) >= 11 is 0. The third-order valence-electron chi connectivity index (χ3n) is 10.8. The summed E-state index contributed by atoms with van der Waals surface area (Å²) < 4.78 is 2.40. The standard InChI is InChI=1S/C52H37N3/c1-4-15-36(16-5-1)37-27-29-40(30-28-37)52-53-48(39-19-8-3-9-20-39)35-49(54-52)42-21-14-22-43(33-42)55-50-26-13-12-25-46(50)47-32-31-41(34-51(47)55)45-24-11-10-23-44(45)38-17-6-2-7-18-38/h1-15,17-36H,16H2. The second kappa shape index (κ2) is 14.0. The highest BCUT2D eigenvalue weighted by atomic mass is 15.0. The fourth-order valence-electron chi connectivity index (χ4n) is 8.01. The Labute approximate surface area is 321 Å². The summed E-state index contributed by atoms with van der Waals surface area (Å²) in [5, 5.41) is 2.45. The molecule has 10 rings (SSSR count). The number of aromatic nitrogens is 3. The molecule has 0 N–H and O–H groups in total. The van der Waals surface area contributed by atoms with Gasteiger partial charge in [0.25, 0.3) is 0 Å². The monoisotopic (exact) mass is 703 g/mol. The van der Waals surface area contributed by atoms with E-state index in [1.54, 1.807) is 0 Å². The maximum atomic E-state index is 5.24. The first-order chi connectivity index (χ1) is 27.3. The van der Waals surface area contributed by atoms with E-state index in [2.05, 4.69) is 205 Å². The second-order valence-corrected chi connectivity index (χ2v) is 14.2. The third kappa shape index (κ3) is 6.16. The Hall–Kier alpha value is -7.10. The van der Waals surface area contributed by atoms with Crippen molar-refractivity contribution in [2.75, 3.05) is 0 Å². The molecule has 260 valence electrons. The lowest BCUT2D eigenvalue weighted by Crippen LogP contribution is -1.99. The first-order valence-corrected chi connectivity index (χ1v) is 18.9. The minimum absolute atomic E-state index is 0.393. The first kappa shape index (κ1) is 32.5. The fraction of sp³-hybridized carbons (Fsp3) is 0.0385. The molecule has 0 spiro atoms. The maximum absolute atomic E-state index is 5.24. The number of hydrogen-bond donors (Lipinski definition) is 0. The van der Waals surface area contributed by atoms with Gasteiger partial charge in [0.15, 0.2) is 5.82 Å². The van der Waals surface area contributed by atoms with Crippen molar-refractivity contribution in [3.05, 3.63) is 212 Å². The highest BCUT2D eigenvalue weighted by molar-refractivity contribution is 6.10. The van der Waals surface area contributed by atoms with Crippen LogP contribution in [0.15, 0.2) is 206 Å². The van der Waals surface area contributed by atoms with Gasteiger partial charge in [0, 0.05) is 39.1 Å². The molecule has 55 heavy (non-hydrogen) atoms. The molecule has 0 amide bonds. The number of rotatable bonds is 7. The van der Waals surface area contributed by atoms with E-state index in [1.165, 1.54) is 44.1 Å². The molecule has 0 fully saturated rings. The fourth-order valence-corrected chi connectivity index (χ4v) is 8.01. The summed E-state index contributed by atoms with van der Waals surface area (Å²) in [4.78, 5) is 10.4. The highest BCUT2D eigenvalue weighted by Crippen LogP contribution is 2.39. The van der Waals surface area contributed by atoms with Crippen LogP contribution in [-0.2, 0) is 0 Å². The molecule has 1 aliphatic carbocycles. The van der Waals surface area contributed by atoms with Crippen molar-refractivity contribution in [2.24, 2.45) is 0 Å². The average Bonchev–Trinajstić information content (AvgIpc) is 3.61. The van der Waals surface area contributed by atoms with Crippen LogP contribution in [0, 0.1) is 0 Å². The van der Waals surface area contributed by atoms with E-state index in [0.29, 0.717) is 11.7 Å². The zero-order chi connectivity index (χ0) is 36.6. The normalized spacial score (nSPS) is 13.8. The van der Waals surface area contributed by atoms with Crippen molar-refractivity contribution in [2.45, 2.75) is 12.3 Å². The van der Waals surface area contributed by atoms with Crippen LogP contribution in [0.4, 0.5) is 0 Å². The van der Waals surface area contributed by atoms with E-state index in [-0.39, 0.29) is 0 Å². The quantitative estimate of drug-likeness (QED) is 0.165. The van der Waals surface area contributed by atoms with Crippen LogP contribution in [0.25, 0.3) is 83.6 Å². The molecule has 2 heterocycles. The predicted molar refractivity (Wildman–Crippen MR) is 229 cm³/mol. The van der Waals surface area contributed by atoms with E-state index < -0.39 is 0 Å². The van der Waals surface area contributed by atoms with Gasteiger partial charge in [-0.3, -0.25) is 0 Å². The smallest absolute Gasteiger partial charge is 0.160 e. The minimum atomic E-state index is 0.393. The third-order valence-corrected chi connectivity index (χ3v) is 10.8. The highest BCUT2D eigenvalue weighted by Gasteiger charge is 2.17. The summed E-state index contributed by atoms with van der Waals surface area (Å²) in [5.74, 6) is 1.11. The average molecular weight is 704 g/mol. The molecule has 0 radical (unpaired) electrons. The zero-order valence-corrected chi connectivity index (χ0v) is 30.3. The van der Waals surface area contributed by atoms with Gasteiger partial charge in [0.2, 0.25) is 0 Å². The molecule has 1 aliphatic rings. The van der Waals surface area contributed by atoms with Crippen molar-refractivity contribution in [1.82, 2.24) is 14.5 Å². The summed E-state index contributed by atoms with van der Waals surface area (Å²) in [5.41, 5.74) is 14.4. The number of para-hydroxylation sites is 1. The molecule has 0 bridgehead atoms. The molecule has 2 aromatic heterocycles. The molecule has 1 unspecified atom stereocenters. The molecule has 0 saturated heterocycles. The number of fused-ring (bicyclic) bond motifs is 3. The van der Waals surface area contributed by atoms with E-state index in [9.17, 15) is 0 Å². The molecule has 3 heteroatoms. The number of allylic oxidation sites excluding steroid dienone is 4. The minimum Gasteiger partial charge on any atom is -0.309 e. The summed E-state index contributed by atoms with van der Waals surface area (Å²) in [6, 6.07) is 65.0. The van der Waals surface area contributed by atoms with Gasteiger partial charge in [-0.15, -0.1) is 0 Å². The maximum Gasteiger partial charge on any atom is 0.160 e. The van der Waals surface area contributed by atoms with Gasteiger partial charge in [0.1, 0.15) is 0 Å². The van der Waals surface area contributed by atoms with Gasteiger partial charge in [-0.1, -0.05) is 176 Å². The number of nitrogens with zero attached hydrogens (tertiary/aromatic N) is 3. The lowest BCUT2D eigenvalue weighted by atomic mass is 9.92. The molecule has 3 nitrogen and oxygen atoms in total. The van der Waals surface area contributed by atoms with E-state index >= 15 is 0 Å². The molecule has 9 aromatic rings. The Bertz CT molecular complexity index is 2880. The largest absolute Gasteiger partial charge is 0.309 e. The van der Waals surface area contributed by atoms with Gasteiger partial charge >= 0.3 is 0 Å². The van der Waals surface area contributed by atoms with Gasteiger partial charge in [0.05, 0.1) is 22.4 Å². The van der Waals surface area contributed by atoms with Gasteiger partial charge in [-0.05, 0) is 64.6 Å². The zero-order valence-electron chi connectivity index (χ0n) is 30.3. The van der Waals surface area contributed by atoms with Crippen molar-refractivity contribution < 1.29 is 0 Å². The molecular formula is C52H37N3. The molecule has 0 saturated carbocycles.